The summed E-state index contributed by atoms with van der Waals surface area (Å²) in [6.45, 7) is 2.54. The number of Topliss-reactive ketones (excluding diaryl/α,β-unsaturated/α-hetero) is 1. The van der Waals surface area contributed by atoms with Crippen molar-refractivity contribution in [2.75, 3.05) is 23.5 Å². The molecule has 0 aliphatic carbocycles. The first kappa shape index (κ1) is 28.9. The number of halogens is 3. The Labute approximate surface area is 219 Å². The second kappa shape index (κ2) is 11.4. The zero-order valence-corrected chi connectivity index (χ0v) is 21.4. The number of aromatic nitrogens is 4. The lowest BCUT2D eigenvalue weighted by Crippen LogP contribution is -2.44. The molecule has 1 amide bonds. The Morgan fingerprint density at radius 3 is 2.54 bits per heavy atom. The van der Waals surface area contributed by atoms with E-state index < -0.39 is 47.4 Å². The molecule has 4 N–H and O–H groups in total. The van der Waals surface area contributed by atoms with Crippen LogP contribution in [0, 0.1) is 0 Å². The molecule has 3 aromatic rings. The number of alkyl halides is 3. The van der Waals surface area contributed by atoms with Crippen LogP contribution in [0.15, 0.2) is 40.1 Å². The Morgan fingerprint density at radius 1 is 1.23 bits per heavy atom. The molecule has 39 heavy (non-hydrogen) atoms. The number of anilines is 3. The van der Waals surface area contributed by atoms with Gasteiger partial charge in [0.15, 0.2) is 5.78 Å². The van der Waals surface area contributed by atoms with E-state index in [-0.39, 0.29) is 40.8 Å². The van der Waals surface area contributed by atoms with Crippen molar-refractivity contribution < 1.29 is 27.5 Å². The number of ether oxygens (including phenoxy) is 1. The standard InChI is InChI=1S/C24H26F3N7O5/c1-5-14(35)11-34-22(37)18(19(28)33(3)23(34)38)30-12(2)20(36)32-17-8-6-7-16(31-17)13-9-15(24(25,26)27)21(39-4)29-10-13/h6-10,12,30H,5,11,28H2,1-4H3,(H,31,32,36)/t12-/m0/s1. The number of ketones is 1. The number of methoxy groups -OCH3 is 1. The van der Waals surface area contributed by atoms with Crippen molar-refractivity contribution in [2.24, 2.45) is 7.05 Å². The van der Waals surface area contributed by atoms with Gasteiger partial charge in [0.05, 0.1) is 19.3 Å². The van der Waals surface area contributed by atoms with Crippen LogP contribution in [0.5, 0.6) is 5.88 Å². The van der Waals surface area contributed by atoms with E-state index in [1.165, 1.54) is 32.2 Å². The molecule has 0 bridgehead atoms. The van der Waals surface area contributed by atoms with Gasteiger partial charge in [-0.05, 0) is 25.1 Å². The summed E-state index contributed by atoms with van der Waals surface area (Å²) in [6, 6.07) is 4.08. The highest BCUT2D eigenvalue weighted by atomic mass is 19.4. The third kappa shape index (κ3) is 6.25. The minimum absolute atomic E-state index is 0.00918. The number of hydrogen-bond donors (Lipinski definition) is 3. The largest absolute Gasteiger partial charge is 0.481 e. The van der Waals surface area contributed by atoms with E-state index in [1.807, 2.05) is 0 Å². The number of pyridine rings is 2. The van der Waals surface area contributed by atoms with Crippen LogP contribution in [-0.4, -0.2) is 43.9 Å². The summed E-state index contributed by atoms with van der Waals surface area (Å²) in [5.74, 6) is -1.85. The molecule has 3 aromatic heterocycles. The molecule has 0 radical (unpaired) electrons. The third-order valence-electron chi connectivity index (χ3n) is 5.72. The van der Waals surface area contributed by atoms with E-state index in [0.29, 0.717) is 0 Å². The number of carbonyl (C=O) groups is 2. The van der Waals surface area contributed by atoms with Gasteiger partial charge >= 0.3 is 11.9 Å². The lowest BCUT2D eigenvalue weighted by molar-refractivity contribution is -0.139. The van der Waals surface area contributed by atoms with E-state index >= 15 is 0 Å². The van der Waals surface area contributed by atoms with Crippen molar-refractivity contribution in [1.29, 1.82) is 0 Å². The fourth-order valence-corrected chi connectivity index (χ4v) is 3.49. The van der Waals surface area contributed by atoms with Crippen molar-refractivity contribution in [3.8, 4) is 17.1 Å². The maximum Gasteiger partial charge on any atom is 0.421 e. The van der Waals surface area contributed by atoms with Crippen molar-refractivity contribution in [3.63, 3.8) is 0 Å². The molecular weight excluding hydrogens is 523 g/mol. The second-order valence-corrected chi connectivity index (χ2v) is 8.43. The Morgan fingerprint density at radius 2 is 1.92 bits per heavy atom. The van der Waals surface area contributed by atoms with Gasteiger partial charge in [0.2, 0.25) is 11.8 Å². The summed E-state index contributed by atoms with van der Waals surface area (Å²) in [5, 5.41) is 5.17. The monoisotopic (exact) mass is 549 g/mol. The summed E-state index contributed by atoms with van der Waals surface area (Å²) < 4.78 is 46.5. The molecule has 12 nitrogen and oxygen atoms in total. The van der Waals surface area contributed by atoms with Gasteiger partial charge in [-0.15, -0.1) is 0 Å². The average Bonchev–Trinajstić information content (AvgIpc) is 2.91. The van der Waals surface area contributed by atoms with Crippen molar-refractivity contribution >= 4 is 29.0 Å². The maximum absolute atomic E-state index is 13.4. The zero-order valence-electron chi connectivity index (χ0n) is 21.4. The number of hydrogen-bond acceptors (Lipinski definition) is 9. The van der Waals surface area contributed by atoms with Crippen LogP contribution in [0.25, 0.3) is 11.3 Å². The summed E-state index contributed by atoms with van der Waals surface area (Å²) in [4.78, 5) is 57.9. The van der Waals surface area contributed by atoms with E-state index in [4.69, 9.17) is 10.5 Å². The number of nitrogen functional groups attached to an aromatic ring is 1. The van der Waals surface area contributed by atoms with Crippen molar-refractivity contribution in [1.82, 2.24) is 19.1 Å². The summed E-state index contributed by atoms with van der Waals surface area (Å²) in [6.07, 6.45) is -3.45. The second-order valence-electron chi connectivity index (χ2n) is 8.43. The fourth-order valence-electron chi connectivity index (χ4n) is 3.49. The highest BCUT2D eigenvalue weighted by Crippen LogP contribution is 2.37. The summed E-state index contributed by atoms with van der Waals surface area (Å²) >= 11 is 0. The molecule has 0 aliphatic heterocycles. The highest BCUT2D eigenvalue weighted by Gasteiger charge is 2.35. The van der Waals surface area contributed by atoms with Crippen LogP contribution in [0.4, 0.5) is 30.5 Å². The minimum Gasteiger partial charge on any atom is -0.481 e. The molecule has 0 spiro atoms. The van der Waals surface area contributed by atoms with Gasteiger partial charge in [0.25, 0.3) is 5.56 Å². The summed E-state index contributed by atoms with van der Waals surface area (Å²) in [5.41, 5.74) is 3.06. The first-order valence-electron chi connectivity index (χ1n) is 11.6. The van der Waals surface area contributed by atoms with Gasteiger partial charge in [-0.3, -0.25) is 23.5 Å². The minimum atomic E-state index is -4.72. The molecule has 208 valence electrons. The first-order valence-corrected chi connectivity index (χ1v) is 11.6. The first-order chi connectivity index (χ1) is 18.3. The lowest BCUT2D eigenvalue weighted by Gasteiger charge is -2.19. The smallest absolute Gasteiger partial charge is 0.421 e. The Balaban J connectivity index is 1.86. The van der Waals surface area contributed by atoms with Gasteiger partial charge in [0, 0.05) is 25.2 Å². The zero-order chi connectivity index (χ0) is 29.1. The SMILES string of the molecule is CCC(=O)Cn1c(=O)c(N[C@@H](C)C(=O)Nc2cccc(-c3cnc(OC)c(C(F)(F)F)c3)n2)c(N)n(C)c1=O. The molecule has 3 rings (SSSR count). The van der Waals surface area contributed by atoms with E-state index in [9.17, 15) is 32.3 Å². The normalized spacial score (nSPS) is 12.1. The number of amides is 1. The molecule has 0 saturated carbocycles. The molecule has 1 atom stereocenters. The topological polar surface area (TPSA) is 163 Å². The van der Waals surface area contributed by atoms with Crippen molar-refractivity contribution in [3.05, 3.63) is 56.9 Å². The van der Waals surface area contributed by atoms with Crippen LogP contribution in [0.2, 0.25) is 0 Å². The highest BCUT2D eigenvalue weighted by molar-refractivity contribution is 5.96. The van der Waals surface area contributed by atoms with Crippen LogP contribution in [0.1, 0.15) is 25.8 Å². The fraction of sp³-hybridized carbons (Fsp3) is 0.333. The molecule has 15 heteroatoms. The van der Waals surface area contributed by atoms with Gasteiger partial charge in [-0.1, -0.05) is 13.0 Å². The van der Waals surface area contributed by atoms with Gasteiger partial charge < -0.3 is 21.1 Å². The maximum atomic E-state index is 13.4. The molecule has 0 saturated heterocycles. The molecule has 0 unspecified atom stereocenters. The number of nitrogens with one attached hydrogen (secondary N) is 2. The summed E-state index contributed by atoms with van der Waals surface area (Å²) in [7, 11) is 2.39. The van der Waals surface area contributed by atoms with Crippen LogP contribution in [0.3, 0.4) is 0 Å². The van der Waals surface area contributed by atoms with Gasteiger partial charge in [-0.25, -0.2) is 14.8 Å². The average molecular weight is 550 g/mol. The molecular formula is C24H26F3N7O5. The van der Waals surface area contributed by atoms with Crippen LogP contribution < -0.4 is 32.4 Å². The number of rotatable bonds is 9. The van der Waals surface area contributed by atoms with Crippen molar-refractivity contribution in [2.45, 2.75) is 39.0 Å². The van der Waals surface area contributed by atoms with Gasteiger partial charge in [-0.2, -0.15) is 13.2 Å². The third-order valence-corrected chi connectivity index (χ3v) is 5.72. The predicted molar refractivity (Wildman–Crippen MR) is 136 cm³/mol. The molecule has 0 fully saturated rings. The Bertz CT molecular complexity index is 1530. The van der Waals surface area contributed by atoms with E-state index in [2.05, 4.69) is 20.6 Å². The lowest BCUT2D eigenvalue weighted by atomic mass is 10.1. The van der Waals surface area contributed by atoms with Gasteiger partial charge in [0.1, 0.15) is 28.9 Å². The quantitative estimate of drug-likeness (QED) is 0.362. The number of carbonyl (C=O) groups excluding carboxylic acids is 2. The predicted octanol–water partition coefficient (Wildman–Crippen LogP) is 2.03. The van der Waals surface area contributed by atoms with E-state index in [0.717, 1.165) is 28.5 Å². The Kier molecular flexibility index (Phi) is 8.42. The Hall–Kier alpha value is -4.69. The molecule has 0 aromatic carbocycles. The molecule has 3 heterocycles. The van der Waals surface area contributed by atoms with Crippen LogP contribution >= 0.6 is 0 Å². The van der Waals surface area contributed by atoms with Crippen LogP contribution in [-0.2, 0) is 29.4 Å². The molecule has 0 aliphatic rings. The number of nitrogens with two attached hydrogens (primary N) is 1. The van der Waals surface area contributed by atoms with E-state index in [1.54, 1.807) is 6.92 Å². The number of nitrogens with zero attached hydrogens (tertiary/aromatic N) is 4.